The molecule has 2 amide bonds. The Labute approximate surface area is 253 Å². The van der Waals surface area contributed by atoms with E-state index >= 15 is 0 Å². The Morgan fingerprint density at radius 2 is 1.93 bits per heavy atom. The highest BCUT2D eigenvalue weighted by molar-refractivity contribution is 6.33. The summed E-state index contributed by atoms with van der Waals surface area (Å²) in [7, 11) is 0. The van der Waals surface area contributed by atoms with E-state index in [1.807, 2.05) is 55.1 Å². The van der Waals surface area contributed by atoms with Gasteiger partial charge in [0.15, 0.2) is 0 Å². The number of urea groups is 1. The second-order valence-electron chi connectivity index (χ2n) is 10.6. The van der Waals surface area contributed by atoms with Gasteiger partial charge in [-0.2, -0.15) is 0 Å². The molecule has 1 unspecified atom stereocenters. The highest BCUT2D eigenvalue weighted by Crippen LogP contribution is 2.32. The molecule has 0 spiro atoms. The van der Waals surface area contributed by atoms with Gasteiger partial charge in [-0.25, -0.2) is 4.79 Å². The van der Waals surface area contributed by atoms with Crippen molar-refractivity contribution in [2.24, 2.45) is 10.9 Å². The molecular weight excluding hydrogens is 548 g/mol. The number of hydrogen-bond acceptors (Lipinski definition) is 4. The maximum atomic E-state index is 13.9. The second-order valence-corrected chi connectivity index (χ2v) is 11.0. The standard InChI is InChI=1S/C33H41ClN6O2/c1-6-22(5)30(37-26-14-17-39(18-15-26)33(42)36-8-3)38-31-23(7-2)19-28(32(41)40(31)9-4)27-13-12-24(20-29(27)34)25-11-10-16-35-21-25/h7,10-13,16,19-22,26H,2,6,8-9,14-15,17-18H2,1,3-5H3,(H,36,42)(H,37,38). The summed E-state index contributed by atoms with van der Waals surface area (Å²) in [6, 6.07) is 11.5. The first-order valence-corrected chi connectivity index (χ1v) is 15.2. The Balaban J connectivity index is 1.67. The first-order chi connectivity index (χ1) is 20.3. The number of nitrogens with zero attached hydrogens (tertiary/aromatic N) is 4. The summed E-state index contributed by atoms with van der Waals surface area (Å²) in [6.45, 7) is 14.6. The molecular formula is C33H41ClN6O2. The third kappa shape index (κ3) is 6.93. The van der Waals surface area contributed by atoms with E-state index in [1.54, 1.807) is 23.0 Å². The smallest absolute Gasteiger partial charge is 0.317 e. The minimum atomic E-state index is -0.139. The Kier molecular flexibility index (Phi) is 10.6. The van der Waals surface area contributed by atoms with Crippen LogP contribution in [0.2, 0.25) is 5.02 Å². The lowest BCUT2D eigenvalue weighted by Crippen LogP contribution is -2.45. The minimum absolute atomic E-state index is 0.0188. The molecule has 2 aromatic heterocycles. The number of pyridine rings is 2. The van der Waals surface area contributed by atoms with E-state index in [0.717, 1.165) is 41.8 Å². The van der Waals surface area contributed by atoms with Crippen molar-refractivity contribution >= 4 is 35.4 Å². The van der Waals surface area contributed by atoms with E-state index in [4.69, 9.17) is 16.6 Å². The Bertz CT molecular complexity index is 1490. The van der Waals surface area contributed by atoms with Gasteiger partial charge in [0.05, 0.1) is 6.04 Å². The Hall–Kier alpha value is -3.91. The van der Waals surface area contributed by atoms with E-state index in [1.165, 1.54) is 0 Å². The summed E-state index contributed by atoms with van der Waals surface area (Å²) in [4.78, 5) is 37.3. The van der Waals surface area contributed by atoms with Crippen molar-refractivity contribution in [2.75, 3.05) is 25.0 Å². The molecule has 1 atom stereocenters. The van der Waals surface area contributed by atoms with Crippen molar-refractivity contribution in [1.82, 2.24) is 19.8 Å². The molecule has 222 valence electrons. The fourth-order valence-electron chi connectivity index (χ4n) is 5.18. The minimum Gasteiger partial charge on any atom is -0.338 e. The van der Waals surface area contributed by atoms with Crippen LogP contribution in [0.1, 0.15) is 52.5 Å². The monoisotopic (exact) mass is 588 g/mol. The summed E-state index contributed by atoms with van der Waals surface area (Å²) >= 11 is 6.76. The van der Waals surface area contributed by atoms with Gasteiger partial charge >= 0.3 is 6.03 Å². The number of amides is 2. The number of halogens is 1. The molecule has 3 aromatic rings. The van der Waals surface area contributed by atoms with Gasteiger partial charge in [-0.05, 0) is 56.9 Å². The molecule has 1 aliphatic rings. The number of anilines is 1. The van der Waals surface area contributed by atoms with Gasteiger partial charge in [0.1, 0.15) is 11.7 Å². The van der Waals surface area contributed by atoms with E-state index in [2.05, 4.69) is 36.0 Å². The SMILES string of the molecule is C=Cc1cc(-c2ccc(-c3cccnc3)cc2Cl)c(=O)n(CC)c1NC(=NC1CCN(C(=O)NCC)CC1)C(C)CC. The van der Waals surface area contributed by atoms with Crippen LogP contribution in [-0.4, -0.2) is 52.0 Å². The van der Waals surface area contributed by atoms with Gasteiger partial charge in [0.2, 0.25) is 0 Å². The normalized spacial score (nSPS) is 14.9. The predicted molar refractivity (Wildman–Crippen MR) is 174 cm³/mol. The lowest BCUT2D eigenvalue weighted by molar-refractivity contribution is 0.182. The van der Waals surface area contributed by atoms with Gasteiger partial charge in [-0.1, -0.05) is 56.3 Å². The highest BCUT2D eigenvalue weighted by atomic mass is 35.5. The quantitative estimate of drug-likeness (QED) is 0.209. The van der Waals surface area contributed by atoms with Gasteiger partial charge in [-0.3, -0.25) is 19.3 Å². The zero-order valence-corrected chi connectivity index (χ0v) is 25.7. The lowest BCUT2D eigenvalue weighted by atomic mass is 10.00. The largest absolute Gasteiger partial charge is 0.338 e. The third-order valence-corrected chi connectivity index (χ3v) is 8.15. The van der Waals surface area contributed by atoms with Crippen LogP contribution in [0.25, 0.3) is 28.3 Å². The molecule has 8 nitrogen and oxygen atoms in total. The number of aromatic nitrogens is 2. The fraction of sp³-hybridized carbons (Fsp3) is 0.394. The number of rotatable bonds is 9. The number of carbonyl (C=O) groups excluding carboxylic acids is 1. The molecule has 0 saturated carbocycles. The van der Waals surface area contributed by atoms with E-state index in [0.29, 0.717) is 48.1 Å². The zero-order chi connectivity index (χ0) is 30.2. The summed E-state index contributed by atoms with van der Waals surface area (Å²) < 4.78 is 1.73. The number of piperidine rings is 1. The summed E-state index contributed by atoms with van der Waals surface area (Å²) in [5.74, 6) is 1.66. The zero-order valence-electron chi connectivity index (χ0n) is 25.0. The fourth-order valence-corrected chi connectivity index (χ4v) is 5.46. The molecule has 1 fully saturated rings. The van der Waals surface area contributed by atoms with Gasteiger partial charge in [0.25, 0.3) is 5.56 Å². The molecule has 42 heavy (non-hydrogen) atoms. The number of nitrogens with one attached hydrogen (secondary N) is 2. The number of amidine groups is 1. The first kappa shape index (κ1) is 31.0. The summed E-state index contributed by atoms with van der Waals surface area (Å²) in [6.07, 6.45) is 7.75. The number of hydrogen-bond donors (Lipinski definition) is 2. The van der Waals surface area contributed by atoms with Gasteiger partial charge in [0, 0.05) is 71.8 Å². The van der Waals surface area contributed by atoms with Crippen molar-refractivity contribution in [2.45, 2.75) is 59.5 Å². The van der Waals surface area contributed by atoms with Crippen LogP contribution in [-0.2, 0) is 6.54 Å². The topological polar surface area (TPSA) is 91.6 Å². The molecule has 0 aliphatic carbocycles. The lowest BCUT2D eigenvalue weighted by Gasteiger charge is -2.31. The molecule has 2 N–H and O–H groups in total. The molecule has 1 aliphatic heterocycles. The van der Waals surface area contributed by atoms with Crippen molar-refractivity contribution in [3.8, 4) is 22.3 Å². The van der Waals surface area contributed by atoms with Gasteiger partial charge < -0.3 is 15.5 Å². The van der Waals surface area contributed by atoms with Gasteiger partial charge in [-0.15, -0.1) is 0 Å². The van der Waals surface area contributed by atoms with Crippen LogP contribution in [0, 0.1) is 5.92 Å². The van der Waals surface area contributed by atoms with Crippen LogP contribution in [0.3, 0.4) is 0 Å². The van der Waals surface area contributed by atoms with E-state index < -0.39 is 0 Å². The number of aliphatic imine (C=N–C) groups is 1. The van der Waals surface area contributed by atoms with Crippen LogP contribution >= 0.6 is 11.6 Å². The van der Waals surface area contributed by atoms with Crippen LogP contribution in [0.5, 0.6) is 0 Å². The summed E-state index contributed by atoms with van der Waals surface area (Å²) in [5, 5.41) is 6.91. The maximum absolute atomic E-state index is 13.9. The van der Waals surface area contributed by atoms with Crippen LogP contribution in [0.15, 0.2) is 65.2 Å². The molecule has 0 bridgehead atoms. The van der Waals surface area contributed by atoms with E-state index in [9.17, 15) is 9.59 Å². The molecule has 4 rings (SSSR count). The van der Waals surface area contributed by atoms with Crippen LogP contribution < -0.4 is 16.2 Å². The number of likely N-dealkylation sites (tertiary alicyclic amines) is 1. The molecule has 0 radical (unpaired) electrons. The average molecular weight is 589 g/mol. The first-order valence-electron chi connectivity index (χ1n) is 14.8. The van der Waals surface area contributed by atoms with Crippen molar-refractivity contribution in [3.05, 3.63) is 76.3 Å². The predicted octanol–water partition coefficient (Wildman–Crippen LogP) is 6.94. The van der Waals surface area contributed by atoms with Crippen molar-refractivity contribution in [3.63, 3.8) is 0 Å². The molecule has 1 saturated heterocycles. The van der Waals surface area contributed by atoms with Crippen molar-refractivity contribution in [1.29, 1.82) is 0 Å². The Morgan fingerprint density at radius 1 is 1.17 bits per heavy atom. The number of benzene rings is 1. The highest BCUT2D eigenvalue weighted by Gasteiger charge is 2.24. The molecule has 3 heterocycles. The average Bonchev–Trinajstić information content (AvgIpc) is 3.01. The third-order valence-electron chi connectivity index (χ3n) is 7.84. The molecule has 1 aromatic carbocycles. The molecule has 9 heteroatoms. The van der Waals surface area contributed by atoms with Crippen LogP contribution in [0.4, 0.5) is 10.6 Å². The van der Waals surface area contributed by atoms with Crippen molar-refractivity contribution < 1.29 is 4.79 Å². The maximum Gasteiger partial charge on any atom is 0.317 e. The summed E-state index contributed by atoms with van der Waals surface area (Å²) in [5.41, 5.74) is 3.72. The second kappa shape index (κ2) is 14.3. The number of carbonyl (C=O) groups is 1. The van der Waals surface area contributed by atoms with E-state index in [-0.39, 0.29) is 23.6 Å². The Morgan fingerprint density at radius 3 is 2.52 bits per heavy atom.